The third-order valence-electron chi connectivity index (χ3n) is 3.66. The number of nitrogens with zero attached hydrogens (tertiary/aromatic N) is 2. The first-order chi connectivity index (χ1) is 10.3. The van der Waals surface area contributed by atoms with Crippen LogP contribution >= 0.6 is 0 Å². The second kappa shape index (κ2) is 6.50. The first kappa shape index (κ1) is 13.8. The molecule has 1 heterocycles. The van der Waals surface area contributed by atoms with Crippen LogP contribution in [0, 0.1) is 5.82 Å². The van der Waals surface area contributed by atoms with Crippen LogP contribution in [0.25, 0.3) is 0 Å². The fourth-order valence-electron chi connectivity index (χ4n) is 2.57. The number of hydrogen-bond donors (Lipinski definition) is 0. The average Bonchev–Trinajstić information content (AvgIpc) is 3.01. The van der Waals surface area contributed by atoms with Crippen LogP contribution in [0.5, 0.6) is 0 Å². The summed E-state index contributed by atoms with van der Waals surface area (Å²) in [7, 11) is -0.501. The second-order valence-electron chi connectivity index (χ2n) is 5.20. The molecule has 0 radical (unpaired) electrons. The predicted molar refractivity (Wildman–Crippen MR) is 86.0 cm³/mol. The normalized spacial score (nSPS) is 12.8. The molecular formula is C17H17FN2Si. The van der Waals surface area contributed by atoms with Gasteiger partial charge < -0.3 is 4.57 Å². The molecule has 1 atom stereocenters. The molecule has 0 aliphatic carbocycles. The van der Waals surface area contributed by atoms with E-state index in [2.05, 4.69) is 33.8 Å². The van der Waals surface area contributed by atoms with E-state index in [0.29, 0.717) is 5.54 Å². The van der Waals surface area contributed by atoms with Gasteiger partial charge in [-0.3, -0.25) is 0 Å². The molecule has 21 heavy (non-hydrogen) atoms. The SMILES string of the molecule is Fc1ccc(C(Cn2ccnc2)[SiH2]c2ccccc2)cc1. The van der Waals surface area contributed by atoms with Crippen LogP contribution in [0.15, 0.2) is 73.3 Å². The number of rotatable bonds is 5. The fourth-order valence-corrected chi connectivity index (χ4v) is 4.62. The first-order valence-electron chi connectivity index (χ1n) is 7.06. The number of aromatic nitrogens is 2. The second-order valence-corrected chi connectivity index (χ2v) is 7.41. The zero-order chi connectivity index (χ0) is 14.5. The largest absolute Gasteiger partial charge is 0.337 e. The van der Waals surface area contributed by atoms with Crippen LogP contribution < -0.4 is 5.19 Å². The lowest BCUT2D eigenvalue weighted by molar-refractivity contribution is 0.624. The van der Waals surface area contributed by atoms with Gasteiger partial charge in [-0.15, -0.1) is 0 Å². The minimum absolute atomic E-state index is 0.179. The highest BCUT2D eigenvalue weighted by Crippen LogP contribution is 2.17. The Morgan fingerprint density at radius 3 is 2.48 bits per heavy atom. The summed E-state index contributed by atoms with van der Waals surface area (Å²) in [5, 5.41) is 1.42. The van der Waals surface area contributed by atoms with Gasteiger partial charge in [0.1, 0.15) is 5.82 Å². The smallest absolute Gasteiger partial charge is 0.123 e. The van der Waals surface area contributed by atoms with Gasteiger partial charge in [-0.25, -0.2) is 9.37 Å². The van der Waals surface area contributed by atoms with Crippen molar-refractivity contribution < 1.29 is 4.39 Å². The van der Waals surface area contributed by atoms with E-state index in [1.54, 1.807) is 18.3 Å². The van der Waals surface area contributed by atoms with Crippen molar-refractivity contribution in [3.8, 4) is 0 Å². The number of benzene rings is 2. The Kier molecular flexibility index (Phi) is 4.26. The maximum atomic E-state index is 13.2. The predicted octanol–water partition coefficient (Wildman–Crippen LogP) is 2.26. The van der Waals surface area contributed by atoms with Crippen molar-refractivity contribution in [3.63, 3.8) is 0 Å². The summed E-state index contributed by atoms with van der Waals surface area (Å²) >= 11 is 0. The van der Waals surface area contributed by atoms with Gasteiger partial charge in [0.2, 0.25) is 0 Å². The summed E-state index contributed by atoms with van der Waals surface area (Å²) in [4.78, 5) is 4.11. The fraction of sp³-hybridized carbons (Fsp3) is 0.118. The molecule has 0 saturated heterocycles. The highest BCUT2D eigenvalue weighted by atomic mass is 28.2. The molecule has 1 aromatic heterocycles. The molecule has 0 aliphatic heterocycles. The van der Waals surface area contributed by atoms with Crippen molar-refractivity contribution >= 4 is 14.7 Å². The van der Waals surface area contributed by atoms with Gasteiger partial charge in [0, 0.05) is 18.9 Å². The molecule has 106 valence electrons. The Morgan fingerprint density at radius 2 is 1.81 bits per heavy atom. The third-order valence-corrected chi connectivity index (χ3v) is 5.82. The van der Waals surface area contributed by atoms with Gasteiger partial charge in [-0.2, -0.15) is 0 Å². The van der Waals surface area contributed by atoms with E-state index in [1.165, 1.54) is 10.8 Å². The molecule has 0 aliphatic rings. The van der Waals surface area contributed by atoms with E-state index in [1.807, 2.05) is 30.7 Å². The highest BCUT2D eigenvalue weighted by molar-refractivity contribution is 6.55. The Labute approximate surface area is 126 Å². The van der Waals surface area contributed by atoms with E-state index in [9.17, 15) is 4.39 Å². The molecule has 0 bridgehead atoms. The molecular weight excluding hydrogens is 279 g/mol. The molecule has 0 amide bonds. The van der Waals surface area contributed by atoms with E-state index in [0.717, 1.165) is 6.54 Å². The molecule has 0 saturated carbocycles. The Morgan fingerprint density at radius 1 is 1.05 bits per heavy atom. The maximum Gasteiger partial charge on any atom is 0.123 e. The Balaban J connectivity index is 1.85. The topological polar surface area (TPSA) is 17.8 Å². The molecule has 3 rings (SSSR count). The summed E-state index contributed by atoms with van der Waals surface area (Å²) in [6.07, 6.45) is 5.62. The van der Waals surface area contributed by atoms with Crippen molar-refractivity contribution in [2.75, 3.05) is 0 Å². The van der Waals surface area contributed by atoms with Crippen molar-refractivity contribution in [3.05, 3.63) is 84.7 Å². The number of imidazole rings is 1. The van der Waals surface area contributed by atoms with Crippen LogP contribution in [0.4, 0.5) is 4.39 Å². The average molecular weight is 296 g/mol. The van der Waals surface area contributed by atoms with Gasteiger partial charge in [0.25, 0.3) is 0 Å². The molecule has 0 spiro atoms. The number of halogens is 1. The third kappa shape index (κ3) is 3.67. The van der Waals surface area contributed by atoms with Gasteiger partial charge >= 0.3 is 0 Å². The standard InChI is InChI=1S/C17H17FN2Si/c18-15-8-6-14(7-9-15)17(12-20-11-10-19-13-20)21-16-4-2-1-3-5-16/h1-11,13,17H,12,21H2. The monoisotopic (exact) mass is 296 g/mol. The quantitative estimate of drug-likeness (QED) is 0.660. The molecule has 2 aromatic carbocycles. The molecule has 2 nitrogen and oxygen atoms in total. The summed E-state index contributed by atoms with van der Waals surface area (Å²) in [6.45, 7) is 0.896. The molecule has 1 unspecified atom stereocenters. The van der Waals surface area contributed by atoms with Crippen LogP contribution in [0.3, 0.4) is 0 Å². The van der Waals surface area contributed by atoms with Gasteiger partial charge in [-0.1, -0.05) is 47.7 Å². The zero-order valence-electron chi connectivity index (χ0n) is 11.7. The van der Waals surface area contributed by atoms with Crippen molar-refractivity contribution in [1.82, 2.24) is 9.55 Å². The van der Waals surface area contributed by atoms with E-state index >= 15 is 0 Å². The number of hydrogen-bond acceptors (Lipinski definition) is 1. The lowest BCUT2D eigenvalue weighted by Gasteiger charge is -2.18. The van der Waals surface area contributed by atoms with Gasteiger partial charge in [-0.05, 0) is 23.2 Å². The minimum atomic E-state index is -0.501. The highest BCUT2D eigenvalue weighted by Gasteiger charge is 2.14. The van der Waals surface area contributed by atoms with Crippen LogP contribution in [0.1, 0.15) is 11.1 Å². The van der Waals surface area contributed by atoms with E-state index in [-0.39, 0.29) is 5.82 Å². The molecule has 0 N–H and O–H groups in total. The summed E-state index contributed by atoms with van der Waals surface area (Å²) in [5.74, 6) is -0.179. The van der Waals surface area contributed by atoms with Gasteiger partial charge in [0.05, 0.1) is 15.8 Å². The zero-order valence-corrected chi connectivity index (χ0v) is 13.1. The molecule has 3 aromatic rings. The maximum absolute atomic E-state index is 13.2. The van der Waals surface area contributed by atoms with Crippen LogP contribution in [-0.2, 0) is 6.54 Å². The summed E-state index contributed by atoms with van der Waals surface area (Å²) < 4.78 is 15.3. The van der Waals surface area contributed by atoms with Crippen LogP contribution in [-0.4, -0.2) is 19.1 Å². The Hall–Kier alpha value is -2.20. The van der Waals surface area contributed by atoms with Crippen molar-refractivity contribution in [2.24, 2.45) is 0 Å². The van der Waals surface area contributed by atoms with Gasteiger partial charge in [0.15, 0.2) is 0 Å². The summed E-state index contributed by atoms with van der Waals surface area (Å²) in [5.41, 5.74) is 1.64. The van der Waals surface area contributed by atoms with Crippen molar-refractivity contribution in [2.45, 2.75) is 12.1 Å². The molecule has 4 heteroatoms. The van der Waals surface area contributed by atoms with E-state index < -0.39 is 9.52 Å². The molecule has 0 fully saturated rings. The van der Waals surface area contributed by atoms with Crippen LogP contribution in [0.2, 0.25) is 0 Å². The van der Waals surface area contributed by atoms with Crippen molar-refractivity contribution in [1.29, 1.82) is 0 Å². The summed E-state index contributed by atoms with van der Waals surface area (Å²) in [6, 6.07) is 17.5. The lowest BCUT2D eigenvalue weighted by atomic mass is 10.1. The minimum Gasteiger partial charge on any atom is -0.337 e. The lowest BCUT2D eigenvalue weighted by Crippen LogP contribution is -2.25. The first-order valence-corrected chi connectivity index (χ1v) is 8.59. The van der Waals surface area contributed by atoms with E-state index in [4.69, 9.17) is 0 Å². The Bertz CT molecular complexity index is 666.